The van der Waals surface area contributed by atoms with Gasteiger partial charge in [-0.3, -0.25) is 4.79 Å². The van der Waals surface area contributed by atoms with Gasteiger partial charge >= 0.3 is 0 Å². The van der Waals surface area contributed by atoms with Crippen molar-refractivity contribution in [2.24, 2.45) is 0 Å². The molecule has 1 amide bonds. The predicted molar refractivity (Wildman–Crippen MR) is 89.4 cm³/mol. The fourth-order valence-corrected chi connectivity index (χ4v) is 2.49. The molecule has 0 saturated heterocycles. The van der Waals surface area contributed by atoms with Crippen LogP contribution in [0.4, 0.5) is 11.4 Å². The Bertz CT molecular complexity index is 617. The summed E-state index contributed by atoms with van der Waals surface area (Å²) in [5.74, 6) is -0.0188. The van der Waals surface area contributed by atoms with E-state index in [4.69, 9.17) is 23.2 Å². The number of carbonyl (C=O) groups excluding carboxylic acids is 1. The second-order valence-electron chi connectivity index (χ2n) is 4.45. The van der Waals surface area contributed by atoms with E-state index in [1.165, 1.54) is 0 Å². The molecule has 0 fully saturated rings. The quantitative estimate of drug-likeness (QED) is 0.881. The van der Waals surface area contributed by atoms with E-state index in [0.29, 0.717) is 22.3 Å². The SMILES string of the molecule is CCN(C(=O)CNc1ccc(Cl)cc1Cl)c1ccccc1. The first-order chi connectivity index (χ1) is 10.1. The maximum Gasteiger partial charge on any atom is 0.246 e. The summed E-state index contributed by atoms with van der Waals surface area (Å²) in [4.78, 5) is 14.0. The van der Waals surface area contributed by atoms with E-state index in [0.717, 1.165) is 5.69 Å². The molecule has 1 N–H and O–H groups in total. The second-order valence-corrected chi connectivity index (χ2v) is 5.29. The average Bonchev–Trinajstić information content (AvgIpc) is 2.48. The fourth-order valence-electron chi connectivity index (χ4n) is 2.01. The number of nitrogens with one attached hydrogen (secondary N) is 1. The zero-order chi connectivity index (χ0) is 15.2. The number of likely N-dealkylation sites (N-methyl/N-ethyl adjacent to an activating group) is 1. The molecule has 0 bridgehead atoms. The van der Waals surface area contributed by atoms with Gasteiger partial charge in [0.2, 0.25) is 5.91 Å². The van der Waals surface area contributed by atoms with Crippen molar-refractivity contribution in [3.8, 4) is 0 Å². The molecule has 0 saturated carbocycles. The minimum atomic E-state index is -0.0188. The number of nitrogens with zero attached hydrogens (tertiary/aromatic N) is 1. The van der Waals surface area contributed by atoms with Gasteiger partial charge in [0, 0.05) is 17.3 Å². The number of para-hydroxylation sites is 1. The molecule has 0 radical (unpaired) electrons. The van der Waals surface area contributed by atoms with Crippen LogP contribution in [0.2, 0.25) is 10.0 Å². The lowest BCUT2D eigenvalue weighted by Crippen LogP contribution is -2.35. The highest BCUT2D eigenvalue weighted by Gasteiger charge is 2.13. The highest BCUT2D eigenvalue weighted by Crippen LogP contribution is 2.25. The Balaban J connectivity index is 2.03. The Morgan fingerprint density at radius 3 is 2.48 bits per heavy atom. The summed E-state index contributed by atoms with van der Waals surface area (Å²) in [5.41, 5.74) is 1.58. The third-order valence-electron chi connectivity index (χ3n) is 3.05. The molecule has 2 rings (SSSR count). The summed E-state index contributed by atoms with van der Waals surface area (Å²) in [7, 11) is 0. The van der Waals surface area contributed by atoms with E-state index < -0.39 is 0 Å². The lowest BCUT2D eigenvalue weighted by molar-refractivity contribution is -0.116. The van der Waals surface area contributed by atoms with Crippen LogP contribution in [0.25, 0.3) is 0 Å². The zero-order valence-electron chi connectivity index (χ0n) is 11.6. The molecule has 0 atom stereocenters. The molecule has 0 aliphatic rings. The molecule has 5 heteroatoms. The van der Waals surface area contributed by atoms with Gasteiger partial charge in [-0.1, -0.05) is 41.4 Å². The van der Waals surface area contributed by atoms with Crippen LogP contribution in [0.15, 0.2) is 48.5 Å². The molecule has 0 heterocycles. The van der Waals surface area contributed by atoms with Gasteiger partial charge in [-0.2, -0.15) is 0 Å². The van der Waals surface area contributed by atoms with E-state index in [-0.39, 0.29) is 12.5 Å². The third-order valence-corrected chi connectivity index (χ3v) is 3.59. The van der Waals surface area contributed by atoms with Gasteiger partial charge in [-0.25, -0.2) is 0 Å². The Morgan fingerprint density at radius 1 is 1.14 bits per heavy atom. The highest BCUT2D eigenvalue weighted by molar-refractivity contribution is 6.36. The normalized spacial score (nSPS) is 10.2. The zero-order valence-corrected chi connectivity index (χ0v) is 13.2. The maximum absolute atomic E-state index is 12.3. The van der Waals surface area contributed by atoms with Crippen molar-refractivity contribution in [2.45, 2.75) is 6.92 Å². The smallest absolute Gasteiger partial charge is 0.246 e. The minimum Gasteiger partial charge on any atom is -0.375 e. The van der Waals surface area contributed by atoms with Crippen molar-refractivity contribution in [3.63, 3.8) is 0 Å². The number of halogens is 2. The molecule has 21 heavy (non-hydrogen) atoms. The Hall–Kier alpha value is -1.71. The van der Waals surface area contributed by atoms with E-state index in [9.17, 15) is 4.79 Å². The molecule has 0 aromatic heterocycles. The number of amides is 1. The van der Waals surface area contributed by atoms with Gasteiger partial charge in [-0.15, -0.1) is 0 Å². The summed E-state index contributed by atoms with van der Waals surface area (Å²) >= 11 is 11.9. The van der Waals surface area contributed by atoms with Crippen LogP contribution in [-0.2, 0) is 4.79 Å². The molecule has 0 aliphatic carbocycles. The highest BCUT2D eigenvalue weighted by atomic mass is 35.5. The minimum absolute atomic E-state index is 0.0188. The van der Waals surface area contributed by atoms with Gasteiger partial charge < -0.3 is 10.2 Å². The molecule has 3 nitrogen and oxygen atoms in total. The first kappa shape index (κ1) is 15.7. The topological polar surface area (TPSA) is 32.3 Å². The molecule has 0 spiro atoms. The Labute approximate surface area is 134 Å². The molecular weight excluding hydrogens is 307 g/mol. The largest absolute Gasteiger partial charge is 0.375 e. The molecule has 2 aromatic rings. The van der Waals surface area contributed by atoms with Crippen LogP contribution in [-0.4, -0.2) is 19.0 Å². The summed E-state index contributed by atoms with van der Waals surface area (Å²) in [6.07, 6.45) is 0. The summed E-state index contributed by atoms with van der Waals surface area (Å²) in [6, 6.07) is 14.7. The number of anilines is 2. The number of rotatable bonds is 5. The van der Waals surface area contributed by atoms with Gasteiger partial charge in [0.1, 0.15) is 0 Å². The van der Waals surface area contributed by atoms with Crippen LogP contribution in [0.3, 0.4) is 0 Å². The molecule has 0 aliphatic heterocycles. The van der Waals surface area contributed by atoms with Gasteiger partial charge in [0.05, 0.1) is 17.3 Å². The van der Waals surface area contributed by atoms with Crippen molar-refractivity contribution in [3.05, 3.63) is 58.6 Å². The number of benzene rings is 2. The molecule has 0 unspecified atom stereocenters. The van der Waals surface area contributed by atoms with Gasteiger partial charge in [0.25, 0.3) is 0 Å². The van der Waals surface area contributed by atoms with Crippen LogP contribution in [0, 0.1) is 0 Å². The van der Waals surface area contributed by atoms with Crippen LogP contribution < -0.4 is 10.2 Å². The monoisotopic (exact) mass is 322 g/mol. The van der Waals surface area contributed by atoms with Crippen LogP contribution >= 0.6 is 23.2 Å². The molecule has 2 aromatic carbocycles. The number of hydrogen-bond donors (Lipinski definition) is 1. The van der Waals surface area contributed by atoms with Crippen molar-refractivity contribution < 1.29 is 4.79 Å². The standard InChI is InChI=1S/C16H16Cl2N2O/c1-2-20(13-6-4-3-5-7-13)16(21)11-19-15-9-8-12(17)10-14(15)18/h3-10,19H,2,11H2,1H3. The van der Waals surface area contributed by atoms with E-state index in [2.05, 4.69) is 5.32 Å². The summed E-state index contributed by atoms with van der Waals surface area (Å²) in [6.45, 7) is 2.73. The van der Waals surface area contributed by atoms with Crippen molar-refractivity contribution in [1.82, 2.24) is 0 Å². The van der Waals surface area contributed by atoms with Crippen LogP contribution in [0.1, 0.15) is 6.92 Å². The summed E-state index contributed by atoms with van der Waals surface area (Å²) < 4.78 is 0. The van der Waals surface area contributed by atoms with E-state index in [1.807, 2.05) is 37.3 Å². The van der Waals surface area contributed by atoms with Gasteiger partial charge in [-0.05, 0) is 37.3 Å². The Morgan fingerprint density at radius 2 is 1.86 bits per heavy atom. The lowest BCUT2D eigenvalue weighted by Gasteiger charge is -2.21. The average molecular weight is 323 g/mol. The van der Waals surface area contributed by atoms with E-state index in [1.54, 1.807) is 23.1 Å². The fraction of sp³-hybridized carbons (Fsp3) is 0.188. The van der Waals surface area contributed by atoms with E-state index >= 15 is 0 Å². The third kappa shape index (κ3) is 4.13. The Kier molecular flexibility index (Phi) is 5.48. The number of hydrogen-bond acceptors (Lipinski definition) is 2. The first-order valence-electron chi connectivity index (χ1n) is 6.66. The van der Waals surface area contributed by atoms with Crippen molar-refractivity contribution in [1.29, 1.82) is 0 Å². The lowest BCUT2D eigenvalue weighted by atomic mass is 10.2. The van der Waals surface area contributed by atoms with Crippen LogP contribution in [0.5, 0.6) is 0 Å². The van der Waals surface area contributed by atoms with Gasteiger partial charge in [0.15, 0.2) is 0 Å². The maximum atomic E-state index is 12.3. The molecular formula is C16H16Cl2N2O. The molecule has 110 valence electrons. The first-order valence-corrected chi connectivity index (χ1v) is 7.41. The van der Waals surface area contributed by atoms with Crippen molar-refractivity contribution in [2.75, 3.05) is 23.3 Å². The second kappa shape index (κ2) is 7.34. The summed E-state index contributed by atoms with van der Waals surface area (Å²) in [5, 5.41) is 4.11. The number of carbonyl (C=O) groups is 1. The predicted octanol–water partition coefficient (Wildman–Crippen LogP) is 4.46. The van der Waals surface area contributed by atoms with Crippen molar-refractivity contribution >= 4 is 40.5 Å².